The molecule has 0 atom stereocenters. The highest BCUT2D eigenvalue weighted by molar-refractivity contribution is 6.28. The molecule has 6 heteroatoms. The second kappa shape index (κ2) is 6.44. The average molecular weight is 233 g/mol. The number of hydrogen-bond acceptors (Lipinski definition) is 4. The summed E-state index contributed by atoms with van der Waals surface area (Å²) in [6.45, 7) is 1.57. The van der Waals surface area contributed by atoms with E-state index in [1.54, 1.807) is 12.1 Å². The maximum absolute atomic E-state index is 10.3. The number of nitrogens with two attached hydrogens (primary N) is 1. The Hall–Kier alpha value is -1.04. The molecular formula is C9H13ClN2O3. The Labute approximate surface area is 92.5 Å². The highest BCUT2D eigenvalue weighted by Gasteiger charge is 1.98. The summed E-state index contributed by atoms with van der Waals surface area (Å²) in [5, 5.41) is 3.43. The Balaban J connectivity index is 2.00. The molecule has 1 aromatic rings. The van der Waals surface area contributed by atoms with Crippen LogP contribution in [0.25, 0.3) is 0 Å². The summed E-state index contributed by atoms with van der Waals surface area (Å²) >= 11 is 5.59. The van der Waals surface area contributed by atoms with Crippen LogP contribution in [-0.4, -0.2) is 25.7 Å². The monoisotopic (exact) mass is 232 g/mol. The molecular weight excluding hydrogens is 220 g/mol. The largest absolute Gasteiger partial charge is 0.448 e. The van der Waals surface area contributed by atoms with Gasteiger partial charge in [0.25, 0.3) is 0 Å². The van der Waals surface area contributed by atoms with Gasteiger partial charge in [0.2, 0.25) is 5.91 Å². The molecule has 0 aliphatic carbocycles. The molecule has 0 aromatic carbocycles. The number of furan rings is 1. The van der Waals surface area contributed by atoms with Gasteiger partial charge in [0.1, 0.15) is 12.4 Å². The number of carbonyl (C=O) groups is 1. The molecule has 1 aromatic heterocycles. The van der Waals surface area contributed by atoms with Crippen LogP contribution in [0.4, 0.5) is 0 Å². The van der Waals surface area contributed by atoms with E-state index in [-0.39, 0.29) is 6.61 Å². The van der Waals surface area contributed by atoms with E-state index in [2.05, 4.69) is 5.32 Å². The van der Waals surface area contributed by atoms with Crippen LogP contribution in [0.5, 0.6) is 0 Å². The smallest absolute Gasteiger partial charge is 0.243 e. The van der Waals surface area contributed by atoms with E-state index in [1.165, 1.54) is 0 Å². The van der Waals surface area contributed by atoms with Gasteiger partial charge in [-0.3, -0.25) is 4.79 Å². The highest BCUT2D eigenvalue weighted by atomic mass is 35.5. The van der Waals surface area contributed by atoms with Crippen molar-refractivity contribution < 1.29 is 13.9 Å². The van der Waals surface area contributed by atoms with Gasteiger partial charge < -0.3 is 20.2 Å². The Morgan fingerprint density at radius 1 is 1.60 bits per heavy atom. The van der Waals surface area contributed by atoms with Crippen molar-refractivity contribution in [2.24, 2.45) is 5.73 Å². The van der Waals surface area contributed by atoms with Crippen LogP contribution in [0.3, 0.4) is 0 Å². The predicted octanol–water partition coefficient (Wildman–Crippen LogP) is 0.525. The van der Waals surface area contributed by atoms with Crippen LogP contribution in [-0.2, 0) is 16.1 Å². The Bertz CT molecular complexity index is 314. The second-order valence-corrected chi connectivity index (χ2v) is 3.27. The molecule has 1 rings (SSSR count). The molecule has 1 amide bonds. The lowest BCUT2D eigenvalue weighted by Gasteiger charge is -2.02. The fourth-order valence-corrected chi connectivity index (χ4v) is 1.14. The summed E-state index contributed by atoms with van der Waals surface area (Å²) in [6.07, 6.45) is 0. The van der Waals surface area contributed by atoms with E-state index in [9.17, 15) is 4.79 Å². The Morgan fingerprint density at radius 2 is 2.40 bits per heavy atom. The summed E-state index contributed by atoms with van der Waals surface area (Å²) in [4.78, 5) is 10.3. The summed E-state index contributed by atoms with van der Waals surface area (Å²) in [5.74, 6) is 0.294. The number of hydrogen-bond donors (Lipinski definition) is 2. The van der Waals surface area contributed by atoms with Gasteiger partial charge in [-0.05, 0) is 23.7 Å². The number of carbonyl (C=O) groups excluding carboxylic acids is 1. The van der Waals surface area contributed by atoms with Crippen molar-refractivity contribution in [2.45, 2.75) is 6.54 Å². The molecule has 0 spiro atoms. The standard InChI is InChI=1S/C9H13ClN2O3/c10-8-2-1-7(15-8)5-12-3-4-14-6-9(11)13/h1-2,12H,3-6H2,(H2,11,13). The van der Waals surface area contributed by atoms with Gasteiger partial charge in [-0.2, -0.15) is 0 Å². The molecule has 0 saturated heterocycles. The highest BCUT2D eigenvalue weighted by Crippen LogP contribution is 2.12. The zero-order valence-electron chi connectivity index (χ0n) is 8.16. The molecule has 1 heterocycles. The van der Waals surface area contributed by atoms with Crippen molar-refractivity contribution in [3.8, 4) is 0 Å². The van der Waals surface area contributed by atoms with E-state index < -0.39 is 5.91 Å². The molecule has 0 fully saturated rings. The first kappa shape index (κ1) is 12.0. The van der Waals surface area contributed by atoms with Crippen LogP contribution >= 0.6 is 11.6 Å². The maximum atomic E-state index is 10.3. The lowest BCUT2D eigenvalue weighted by atomic mass is 10.4. The van der Waals surface area contributed by atoms with Gasteiger partial charge in [0.05, 0.1) is 13.2 Å². The fourth-order valence-electron chi connectivity index (χ4n) is 0.975. The molecule has 0 unspecified atom stereocenters. The van der Waals surface area contributed by atoms with Crippen molar-refractivity contribution in [3.05, 3.63) is 23.1 Å². The van der Waals surface area contributed by atoms with Gasteiger partial charge in [-0.25, -0.2) is 0 Å². The van der Waals surface area contributed by atoms with Crippen molar-refractivity contribution in [1.82, 2.24) is 5.32 Å². The van der Waals surface area contributed by atoms with E-state index >= 15 is 0 Å². The third kappa shape index (κ3) is 5.41. The molecule has 0 aliphatic rings. The predicted molar refractivity (Wildman–Crippen MR) is 55.4 cm³/mol. The molecule has 0 radical (unpaired) electrons. The third-order valence-corrected chi connectivity index (χ3v) is 1.80. The van der Waals surface area contributed by atoms with Crippen LogP contribution in [0.15, 0.2) is 16.5 Å². The molecule has 3 N–H and O–H groups in total. The van der Waals surface area contributed by atoms with Gasteiger partial charge in [-0.15, -0.1) is 0 Å². The Kier molecular flexibility index (Phi) is 5.17. The van der Waals surface area contributed by atoms with Crippen molar-refractivity contribution in [2.75, 3.05) is 19.8 Å². The van der Waals surface area contributed by atoms with Crippen LogP contribution < -0.4 is 11.1 Å². The minimum Gasteiger partial charge on any atom is -0.448 e. The molecule has 0 aliphatic heterocycles. The van der Waals surface area contributed by atoms with E-state index in [1.807, 2.05) is 0 Å². The number of nitrogens with one attached hydrogen (secondary N) is 1. The summed E-state index contributed by atoms with van der Waals surface area (Å²) in [6, 6.07) is 3.47. The molecule has 0 saturated carbocycles. The van der Waals surface area contributed by atoms with Crippen molar-refractivity contribution >= 4 is 17.5 Å². The molecule has 5 nitrogen and oxygen atoms in total. The zero-order chi connectivity index (χ0) is 11.1. The number of rotatable bonds is 7. The van der Waals surface area contributed by atoms with Gasteiger partial charge in [0, 0.05) is 6.54 Å². The van der Waals surface area contributed by atoms with Crippen molar-refractivity contribution in [3.63, 3.8) is 0 Å². The topological polar surface area (TPSA) is 77.5 Å². The van der Waals surface area contributed by atoms with Crippen LogP contribution in [0.1, 0.15) is 5.76 Å². The van der Waals surface area contributed by atoms with E-state index in [4.69, 9.17) is 26.5 Å². The molecule has 0 bridgehead atoms. The van der Waals surface area contributed by atoms with Gasteiger partial charge >= 0.3 is 0 Å². The SMILES string of the molecule is NC(=O)COCCNCc1ccc(Cl)o1. The second-order valence-electron chi connectivity index (χ2n) is 2.90. The maximum Gasteiger partial charge on any atom is 0.243 e. The van der Waals surface area contributed by atoms with Crippen LogP contribution in [0, 0.1) is 0 Å². The first-order valence-corrected chi connectivity index (χ1v) is 4.87. The zero-order valence-corrected chi connectivity index (χ0v) is 8.92. The van der Waals surface area contributed by atoms with Gasteiger partial charge in [0.15, 0.2) is 5.22 Å². The number of halogens is 1. The Morgan fingerprint density at radius 3 is 3.00 bits per heavy atom. The fraction of sp³-hybridized carbons (Fsp3) is 0.444. The van der Waals surface area contributed by atoms with Gasteiger partial charge in [-0.1, -0.05) is 0 Å². The number of primary amides is 1. The summed E-state index contributed by atoms with van der Waals surface area (Å²) < 4.78 is 10.1. The first-order valence-electron chi connectivity index (χ1n) is 4.49. The molecule has 15 heavy (non-hydrogen) atoms. The quantitative estimate of drug-likeness (QED) is 0.672. The summed E-state index contributed by atoms with van der Waals surface area (Å²) in [7, 11) is 0. The third-order valence-electron chi connectivity index (χ3n) is 1.60. The lowest BCUT2D eigenvalue weighted by Crippen LogP contribution is -2.23. The molecule has 84 valence electrons. The van der Waals surface area contributed by atoms with E-state index in [0.29, 0.717) is 24.9 Å². The lowest BCUT2D eigenvalue weighted by molar-refractivity contribution is -0.122. The first-order chi connectivity index (χ1) is 7.18. The minimum absolute atomic E-state index is 0.0474. The normalized spacial score (nSPS) is 10.5. The number of ether oxygens (including phenoxy) is 1. The minimum atomic E-state index is -0.465. The van der Waals surface area contributed by atoms with Crippen molar-refractivity contribution in [1.29, 1.82) is 0 Å². The van der Waals surface area contributed by atoms with Crippen LogP contribution in [0.2, 0.25) is 5.22 Å². The van der Waals surface area contributed by atoms with E-state index in [0.717, 1.165) is 5.76 Å². The average Bonchev–Trinajstić information content (AvgIpc) is 2.57. The summed E-state index contributed by atoms with van der Waals surface area (Å²) in [5.41, 5.74) is 4.89. The number of amides is 1.